The molecule has 0 heterocycles. The van der Waals surface area contributed by atoms with Crippen molar-refractivity contribution in [2.24, 2.45) is 0 Å². The van der Waals surface area contributed by atoms with Crippen molar-refractivity contribution >= 4 is 37.3 Å². The Hall–Kier alpha value is -3.21. The monoisotopic (exact) mass is 487 g/mol. The standard InChI is InChI=1S/C23H25N3O5S2/c1-17-5-13-22(14-6-17)33(30,31)26(4)20-11-7-18(8-12-20)23(27)24-19-9-15-21(16-10-19)32(28,29)25(2)3/h5-16H,1-4H3,(H,24,27). The third-order valence-corrected chi connectivity index (χ3v) is 8.69. The second kappa shape index (κ2) is 9.34. The van der Waals surface area contributed by atoms with Crippen molar-refractivity contribution in [1.82, 2.24) is 4.31 Å². The summed E-state index contributed by atoms with van der Waals surface area (Å²) in [7, 11) is -2.95. The molecular formula is C23H25N3O5S2. The van der Waals surface area contributed by atoms with E-state index in [4.69, 9.17) is 0 Å². The van der Waals surface area contributed by atoms with E-state index in [0.29, 0.717) is 16.9 Å². The maximum Gasteiger partial charge on any atom is 0.264 e. The largest absolute Gasteiger partial charge is 0.322 e. The molecule has 33 heavy (non-hydrogen) atoms. The molecule has 0 fully saturated rings. The van der Waals surface area contributed by atoms with Crippen LogP contribution < -0.4 is 9.62 Å². The van der Waals surface area contributed by atoms with Crippen LogP contribution in [0.4, 0.5) is 11.4 Å². The van der Waals surface area contributed by atoms with Crippen LogP contribution in [0.2, 0.25) is 0 Å². The van der Waals surface area contributed by atoms with Crippen LogP contribution in [0.5, 0.6) is 0 Å². The minimum Gasteiger partial charge on any atom is -0.322 e. The van der Waals surface area contributed by atoms with Crippen LogP contribution >= 0.6 is 0 Å². The number of anilines is 2. The normalized spacial score (nSPS) is 11.9. The van der Waals surface area contributed by atoms with Gasteiger partial charge in [-0.05, 0) is 67.6 Å². The van der Waals surface area contributed by atoms with E-state index < -0.39 is 26.0 Å². The molecule has 1 N–H and O–H groups in total. The number of carbonyl (C=O) groups is 1. The lowest BCUT2D eigenvalue weighted by Crippen LogP contribution is -2.26. The van der Waals surface area contributed by atoms with E-state index >= 15 is 0 Å². The molecule has 8 nitrogen and oxygen atoms in total. The van der Waals surface area contributed by atoms with Gasteiger partial charge in [0.25, 0.3) is 15.9 Å². The molecule has 174 valence electrons. The van der Waals surface area contributed by atoms with Crippen LogP contribution in [0.1, 0.15) is 15.9 Å². The molecule has 10 heteroatoms. The van der Waals surface area contributed by atoms with Gasteiger partial charge in [0.05, 0.1) is 15.5 Å². The number of amides is 1. The van der Waals surface area contributed by atoms with Crippen molar-refractivity contribution in [2.45, 2.75) is 16.7 Å². The summed E-state index contributed by atoms with van der Waals surface area (Å²) in [5.41, 5.74) is 2.12. The highest BCUT2D eigenvalue weighted by Crippen LogP contribution is 2.23. The first kappa shape index (κ1) is 24.4. The molecule has 0 aliphatic carbocycles. The van der Waals surface area contributed by atoms with Crippen molar-refractivity contribution in [3.8, 4) is 0 Å². The van der Waals surface area contributed by atoms with Crippen molar-refractivity contribution in [3.05, 3.63) is 83.9 Å². The molecule has 0 atom stereocenters. The highest BCUT2D eigenvalue weighted by Gasteiger charge is 2.21. The van der Waals surface area contributed by atoms with Gasteiger partial charge in [0.2, 0.25) is 10.0 Å². The zero-order chi connectivity index (χ0) is 24.4. The number of nitrogens with one attached hydrogen (secondary N) is 1. The average Bonchev–Trinajstić information content (AvgIpc) is 2.79. The smallest absolute Gasteiger partial charge is 0.264 e. The number of carbonyl (C=O) groups excluding carboxylic acids is 1. The summed E-state index contributed by atoms with van der Waals surface area (Å²) in [6.07, 6.45) is 0. The Kier molecular flexibility index (Phi) is 6.92. The fourth-order valence-corrected chi connectivity index (χ4v) is 5.05. The van der Waals surface area contributed by atoms with E-state index in [9.17, 15) is 21.6 Å². The van der Waals surface area contributed by atoms with Crippen LogP contribution in [0, 0.1) is 6.92 Å². The van der Waals surface area contributed by atoms with Gasteiger partial charge in [0.15, 0.2) is 0 Å². The second-order valence-electron chi connectivity index (χ2n) is 7.60. The number of sulfonamides is 2. The van der Waals surface area contributed by atoms with Gasteiger partial charge in [-0.25, -0.2) is 21.1 Å². The summed E-state index contributed by atoms with van der Waals surface area (Å²) in [5.74, 6) is -0.409. The van der Waals surface area contributed by atoms with Crippen molar-refractivity contribution in [3.63, 3.8) is 0 Å². The quantitative estimate of drug-likeness (QED) is 0.551. The topological polar surface area (TPSA) is 104 Å². The molecule has 0 saturated heterocycles. The first-order chi connectivity index (χ1) is 15.4. The summed E-state index contributed by atoms with van der Waals surface area (Å²) >= 11 is 0. The van der Waals surface area contributed by atoms with Crippen LogP contribution in [0.3, 0.4) is 0 Å². The molecule has 3 aromatic rings. The van der Waals surface area contributed by atoms with Gasteiger partial charge in [-0.15, -0.1) is 0 Å². The van der Waals surface area contributed by atoms with E-state index in [1.165, 1.54) is 57.5 Å². The molecule has 0 spiro atoms. The minimum atomic E-state index is -3.73. The highest BCUT2D eigenvalue weighted by atomic mass is 32.2. The molecule has 0 bridgehead atoms. The maximum absolute atomic E-state index is 12.8. The third kappa shape index (κ3) is 5.24. The van der Waals surface area contributed by atoms with Gasteiger partial charge in [-0.1, -0.05) is 17.7 Å². The maximum atomic E-state index is 12.8. The fraction of sp³-hybridized carbons (Fsp3) is 0.174. The summed E-state index contributed by atoms with van der Waals surface area (Å²) in [5, 5.41) is 2.70. The number of hydrogen-bond acceptors (Lipinski definition) is 5. The van der Waals surface area contributed by atoms with E-state index in [2.05, 4.69) is 5.32 Å². The lowest BCUT2D eigenvalue weighted by atomic mass is 10.2. The van der Waals surface area contributed by atoms with Gasteiger partial charge >= 0.3 is 0 Å². The minimum absolute atomic E-state index is 0.118. The summed E-state index contributed by atoms with van der Waals surface area (Å²) in [4.78, 5) is 12.9. The Labute approximate surface area is 194 Å². The lowest BCUT2D eigenvalue weighted by Gasteiger charge is -2.20. The number of rotatable bonds is 7. The number of nitrogens with zero attached hydrogens (tertiary/aromatic N) is 2. The first-order valence-electron chi connectivity index (χ1n) is 9.92. The molecule has 3 rings (SSSR count). The molecule has 3 aromatic carbocycles. The second-order valence-corrected chi connectivity index (χ2v) is 11.7. The summed E-state index contributed by atoms with van der Waals surface area (Å²) < 4.78 is 52.2. The molecule has 0 aromatic heterocycles. The highest BCUT2D eigenvalue weighted by molar-refractivity contribution is 7.92. The van der Waals surface area contributed by atoms with Gasteiger partial charge in [-0.2, -0.15) is 0 Å². The molecular weight excluding hydrogens is 462 g/mol. The predicted octanol–water partition coefficient (Wildman–Crippen LogP) is 3.32. The molecule has 1 amide bonds. The Morgan fingerprint density at radius 3 is 1.70 bits per heavy atom. The van der Waals surface area contributed by atoms with E-state index in [1.807, 2.05) is 6.92 Å². The predicted molar refractivity (Wildman–Crippen MR) is 128 cm³/mol. The van der Waals surface area contributed by atoms with Crippen molar-refractivity contribution in [1.29, 1.82) is 0 Å². The van der Waals surface area contributed by atoms with E-state index in [-0.39, 0.29) is 9.79 Å². The van der Waals surface area contributed by atoms with Gasteiger partial charge in [-0.3, -0.25) is 9.10 Å². The Morgan fingerprint density at radius 2 is 1.18 bits per heavy atom. The van der Waals surface area contributed by atoms with Crippen LogP contribution in [0.15, 0.2) is 82.6 Å². The molecule has 0 aliphatic rings. The van der Waals surface area contributed by atoms with E-state index in [0.717, 1.165) is 14.2 Å². The summed E-state index contributed by atoms with van der Waals surface area (Å²) in [6, 6.07) is 18.6. The first-order valence-corrected chi connectivity index (χ1v) is 12.8. The van der Waals surface area contributed by atoms with Crippen LogP contribution in [0.25, 0.3) is 0 Å². The van der Waals surface area contributed by atoms with Gasteiger partial charge < -0.3 is 5.32 Å². The molecule has 0 saturated carbocycles. The van der Waals surface area contributed by atoms with E-state index in [1.54, 1.807) is 36.4 Å². The Bertz CT molecular complexity index is 1350. The van der Waals surface area contributed by atoms with Crippen LogP contribution in [-0.4, -0.2) is 48.2 Å². The van der Waals surface area contributed by atoms with Gasteiger partial charge in [0, 0.05) is 32.4 Å². The summed E-state index contributed by atoms with van der Waals surface area (Å²) in [6.45, 7) is 1.88. The zero-order valence-corrected chi connectivity index (χ0v) is 20.3. The Balaban J connectivity index is 1.73. The molecule has 0 radical (unpaired) electrons. The van der Waals surface area contributed by atoms with Crippen LogP contribution in [-0.2, 0) is 20.0 Å². The zero-order valence-electron chi connectivity index (χ0n) is 18.7. The average molecular weight is 488 g/mol. The fourth-order valence-electron chi connectivity index (χ4n) is 2.95. The number of hydrogen-bond donors (Lipinski definition) is 1. The molecule has 0 unspecified atom stereocenters. The number of benzene rings is 3. The Morgan fingerprint density at radius 1 is 0.697 bits per heavy atom. The third-order valence-electron chi connectivity index (χ3n) is 5.06. The lowest BCUT2D eigenvalue weighted by molar-refractivity contribution is 0.102. The van der Waals surface area contributed by atoms with Crippen molar-refractivity contribution in [2.75, 3.05) is 30.8 Å². The SMILES string of the molecule is Cc1ccc(S(=O)(=O)N(C)c2ccc(C(=O)Nc3ccc(S(=O)(=O)N(C)C)cc3)cc2)cc1. The van der Waals surface area contributed by atoms with Gasteiger partial charge in [0.1, 0.15) is 0 Å². The van der Waals surface area contributed by atoms with Crippen molar-refractivity contribution < 1.29 is 21.6 Å². The molecule has 0 aliphatic heterocycles. The number of aryl methyl sites for hydroxylation is 1.